The molecule has 0 aliphatic carbocycles. The largest absolute Gasteiger partial charge is 0.508 e. The number of carbonyl (C=O) groups excluding carboxylic acids is 1. The van der Waals surface area contributed by atoms with Crippen LogP contribution in [-0.4, -0.2) is 22.1 Å². The van der Waals surface area contributed by atoms with E-state index in [0.29, 0.717) is 12.1 Å². The second kappa shape index (κ2) is 5.93. The third-order valence-corrected chi connectivity index (χ3v) is 3.78. The Morgan fingerprint density at radius 2 is 1.91 bits per heavy atom. The highest BCUT2D eigenvalue weighted by Crippen LogP contribution is 2.16. The van der Waals surface area contributed by atoms with Crippen LogP contribution in [0.25, 0.3) is 10.9 Å². The van der Waals surface area contributed by atoms with Crippen molar-refractivity contribution in [2.75, 3.05) is 6.54 Å². The van der Waals surface area contributed by atoms with Crippen molar-refractivity contribution in [1.29, 1.82) is 0 Å². The topological polar surface area (TPSA) is 54.3 Å². The first-order chi connectivity index (χ1) is 10.6. The highest BCUT2D eigenvalue weighted by atomic mass is 16.3. The van der Waals surface area contributed by atoms with E-state index in [9.17, 15) is 9.90 Å². The number of hydrogen-bond acceptors (Lipinski definition) is 2. The zero-order valence-corrected chi connectivity index (χ0v) is 12.4. The summed E-state index contributed by atoms with van der Waals surface area (Å²) < 4.78 is 2.03. The summed E-state index contributed by atoms with van der Waals surface area (Å²) in [5.74, 6) is 0.188. The van der Waals surface area contributed by atoms with Crippen molar-refractivity contribution >= 4 is 16.8 Å². The molecule has 4 heteroatoms. The summed E-state index contributed by atoms with van der Waals surface area (Å²) in [6, 6.07) is 14.7. The predicted octanol–water partition coefficient (Wildman–Crippen LogP) is 2.86. The molecular weight excluding hydrogens is 276 g/mol. The van der Waals surface area contributed by atoms with Crippen LogP contribution in [0, 0.1) is 0 Å². The minimum Gasteiger partial charge on any atom is -0.508 e. The second-order valence-electron chi connectivity index (χ2n) is 5.37. The number of nitrogens with zero attached hydrogens (tertiary/aromatic N) is 1. The van der Waals surface area contributed by atoms with Crippen molar-refractivity contribution in [3.05, 3.63) is 65.9 Å². The van der Waals surface area contributed by atoms with E-state index in [2.05, 4.69) is 5.32 Å². The molecule has 0 saturated heterocycles. The molecule has 0 unspecified atom stereocenters. The number of phenolic OH excluding ortho intramolecular Hbond substituents is 1. The molecule has 2 N–H and O–H groups in total. The average molecular weight is 294 g/mol. The summed E-state index contributed by atoms with van der Waals surface area (Å²) in [4.78, 5) is 12.2. The maximum atomic E-state index is 12.2. The van der Waals surface area contributed by atoms with Crippen LogP contribution in [0.3, 0.4) is 0 Å². The van der Waals surface area contributed by atoms with Gasteiger partial charge in [0, 0.05) is 36.3 Å². The van der Waals surface area contributed by atoms with Gasteiger partial charge in [0.2, 0.25) is 0 Å². The SMILES string of the molecule is Cn1ccc2cc(C(=O)NCCc3ccc(O)cc3)ccc21. The first kappa shape index (κ1) is 14.2. The summed E-state index contributed by atoms with van der Waals surface area (Å²) in [7, 11) is 1.99. The van der Waals surface area contributed by atoms with E-state index in [1.54, 1.807) is 12.1 Å². The second-order valence-corrected chi connectivity index (χ2v) is 5.37. The molecule has 4 nitrogen and oxygen atoms in total. The Bertz CT molecular complexity index is 804. The van der Waals surface area contributed by atoms with Crippen LogP contribution in [0.2, 0.25) is 0 Å². The van der Waals surface area contributed by atoms with Gasteiger partial charge < -0.3 is 15.0 Å². The van der Waals surface area contributed by atoms with E-state index in [-0.39, 0.29) is 11.7 Å². The number of amides is 1. The average Bonchev–Trinajstić information content (AvgIpc) is 2.90. The number of aryl methyl sites for hydroxylation is 1. The van der Waals surface area contributed by atoms with Gasteiger partial charge in [0.25, 0.3) is 5.91 Å². The van der Waals surface area contributed by atoms with E-state index >= 15 is 0 Å². The lowest BCUT2D eigenvalue weighted by molar-refractivity contribution is 0.0954. The fraction of sp³-hybridized carbons (Fsp3) is 0.167. The smallest absolute Gasteiger partial charge is 0.251 e. The number of aromatic hydroxyl groups is 1. The lowest BCUT2D eigenvalue weighted by Gasteiger charge is -2.06. The van der Waals surface area contributed by atoms with Crippen LogP contribution in [0.1, 0.15) is 15.9 Å². The summed E-state index contributed by atoms with van der Waals surface area (Å²) in [5, 5.41) is 13.2. The van der Waals surface area contributed by atoms with Gasteiger partial charge in [-0.15, -0.1) is 0 Å². The minimum atomic E-state index is -0.0652. The zero-order valence-electron chi connectivity index (χ0n) is 12.4. The van der Waals surface area contributed by atoms with Crippen LogP contribution in [0.15, 0.2) is 54.7 Å². The van der Waals surface area contributed by atoms with E-state index in [0.717, 1.165) is 22.9 Å². The van der Waals surface area contributed by atoms with Crippen LogP contribution < -0.4 is 5.32 Å². The van der Waals surface area contributed by atoms with Crippen LogP contribution >= 0.6 is 0 Å². The maximum absolute atomic E-state index is 12.2. The molecule has 1 aromatic heterocycles. The predicted molar refractivity (Wildman–Crippen MR) is 87.1 cm³/mol. The van der Waals surface area contributed by atoms with Gasteiger partial charge in [-0.3, -0.25) is 4.79 Å². The molecule has 1 heterocycles. The standard InChI is InChI=1S/C18H18N2O2/c1-20-11-9-14-12-15(4-7-17(14)20)18(22)19-10-8-13-2-5-16(21)6-3-13/h2-7,9,11-12,21H,8,10H2,1H3,(H,19,22). The van der Waals surface area contributed by atoms with Crippen molar-refractivity contribution in [3.63, 3.8) is 0 Å². The molecule has 0 aliphatic rings. The zero-order chi connectivity index (χ0) is 15.5. The molecule has 0 radical (unpaired) electrons. The maximum Gasteiger partial charge on any atom is 0.251 e. The Balaban J connectivity index is 1.62. The van der Waals surface area contributed by atoms with Crippen molar-refractivity contribution in [1.82, 2.24) is 9.88 Å². The van der Waals surface area contributed by atoms with Gasteiger partial charge in [0.15, 0.2) is 0 Å². The van der Waals surface area contributed by atoms with Gasteiger partial charge in [0.1, 0.15) is 5.75 Å². The van der Waals surface area contributed by atoms with Crippen LogP contribution in [-0.2, 0) is 13.5 Å². The third kappa shape index (κ3) is 2.96. The number of hydrogen-bond donors (Lipinski definition) is 2. The molecule has 0 saturated carbocycles. The number of benzene rings is 2. The quantitative estimate of drug-likeness (QED) is 0.777. The molecular formula is C18H18N2O2. The molecule has 112 valence electrons. The Morgan fingerprint density at radius 1 is 1.14 bits per heavy atom. The molecule has 22 heavy (non-hydrogen) atoms. The Kier molecular flexibility index (Phi) is 3.83. The lowest BCUT2D eigenvalue weighted by Crippen LogP contribution is -2.25. The first-order valence-electron chi connectivity index (χ1n) is 7.25. The molecule has 1 amide bonds. The normalized spacial score (nSPS) is 10.8. The van der Waals surface area contributed by atoms with Crippen LogP contribution in [0.4, 0.5) is 0 Å². The van der Waals surface area contributed by atoms with E-state index < -0.39 is 0 Å². The number of rotatable bonds is 4. The number of fused-ring (bicyclic) bond motifs is 1. The number of phenols is 1. The fourth-order valence-corrected chi connectivity index (χ4v) is 2.51. The van der Waals surface area contributed by atoms with Gasteiger partial charge in [-0.05, 0) is 48.4 Å². The third-order valence-electron chi connectivity index (χ3n) is 3.78. The van der Waals surface area contributed by atoms with Gasteiger partial charge in [0.05, 0.1) is 0 Å². The summed E-state index contributed by atoms with van der Waals surface area (Å²) >= 11 is 0. The first-order valence-corrected chi connectivity index (χ1v) is 7.25. The van der Waals surface area contributed by atoms with Crippen molar-refractivity contribution < 1.29 is 9.90 Å². The highest BCUT2D eigenvalue weighted by Gasteiger charge is 2.07. The molecule has 0 aliphatic heterocycles. The molecule has 0 spiro atoms. The minimum absolute atomic E-state index is 0.0652. The fourth-order valence-electron chi connectivity index (χ4n) is 2.51. The Hall–Kier alpha value is -2.75. The summed E-state index contributed by atoms with van der Waals surface area (Å²) in [5.41, 5.74) is 2.86. The monoisotopic (exact) mass is 294 g/mol. The van der Waals surface area contributed by atoms with Gasteiger partial charge >= 0.3 is 0 Å². The number of nitrogens with one attached hydrogen (secondary N) is 1. The molecule has 0 atom stereocenters. The van der Waals surface area contributed by atoms with Gasteiger partial charge in [-0.1, -0.05) is 12.1 Å². The highest BCUT2D eigenvalue weighted by molar-refractivity contribution is 5.98. The molecule has 3 aromatic rings. The summed E-state index contributed by atoms with van der Waals surface area (Å²) in [6.07, 6.45) is 2.72. The lowest BCUT2D eigenvalue weighted by atomic mass is 10.1. The van der Waals surface area contributed by atoms with E-state index in [4.69, 9.17) is 0 Å². The molecule has 2 aromatic carbocycles. The molecule has 3 rings (SSSR count). The van der Waals surface area contributed by atoms with E-state index in [1.807, 2.05) is 54.2 Å². The molecule has 0 fully saturated rings. The summed E-state index contributed by atoms with van der Waals surface area (Å²) in [6.45, 7) is 0.566. The Labute approximate surface area is 129 Å². The van der Waals surface area contributed by atoms with Crippen LogP contribution in [0.5, 0.6) is 5.75 Å². The van der Waals surface area contributed by atoms with Gasteiger partial charge in [-0.2, -0.15) is 0 Å². The molecule has 0 bridgehead atoms. The number of aromatic nitrogens is 1. The van der Waals surface area contributed by atoms with Crippen molar-refractivity contribution in [2.24, 2.45) is 7.05 Å². The van der Waals surface area contributed by atoms with Crippen molar-refractivity contribution in [3.8, 4) is 5.75 Å². The van der Waals surface area contributed by atoms with E-state index in [1.165, 1.54) is 0 Å². The van der Waals surface area contributed by atoms with Gasteiger partial charge in [-0.25, -0.2) is 0 Å². The van der Waals surface area contributed by atoms with Crippen molar-refractivity contribution in [2.45, 2.75) is 6.42 Å². The number of carbonyl (C=O) groups is 1. The Morgan fingerprint density at radius 3 is 2.68 bits per heavy atom.